The number of quaternary nitrogens is 2. The third kappa shape index (κ3) is 3.84. The molecule has 1 fully saturated rings. The zero-order valence-corrected chi connectivity index (χ0v) is 16.7. The van der Waals surface area contributed by atoms with E-state index in [4.69, 9.17) is 0 Å². The van der Waals surface area contributed by atoms with E-state index in [9.17, 15) is 9.59 Å². The molecule has 7 heteroatoms. The highest BCUT2D eigenvalue weighted by molar-refractivity contribution is 5.94. The van der Waals surface area contributed by atoms with E-state index in [0.717, 1.165) is 44.1 Å². The van der Waals surface area contributed by atoms with Gasteiger partial charge in [0.2, 0.25) is 0 Å². The summed E-state index contributed by atoms with van der Waals surface area (Å²) in [5.74, 6) is -0.0871. The van der Waals surface area contributed by atoms with Crippen molar-refractivity contribution in [3.8, 4) is 5.69 Å². The van der Waals surface area contributed by atoms with Gasteiger partial charge in [0.25, 0.3) is 11.5 Å². The molecule has 27 heavy (non-hydrogen) atoms. The molecule has 1 amide bonds. The van der Waals surface area contributed by atoms with Crippen molar-refractivity contribution in [1.29, 1.82) is 0 Å². The molecule has 0 unspecified atom stereocenters. The third-order valence-electron chi connectivity index (χ3n) is 5.91. The minimum Gasteiger partial charge on any atom is -0.326 e. The highest BCUT2D eigenvalue weighted by Crippen LogP contribution is 2.13. The van der Waals surface area contributed by atoms with E-state index in [0.29, 0.717) is 5.69 Å². The molecular formula is C20H31N5O2+2. The number of carbonyl (C=O) groups excluding carboxylic acids is 1. The van der Waals surface area contributed by atoms with E-state index in [2.05, 4.69) is 12.2 Å². The van der Waals surface area contributed by atoms with Gasteiger partial charge in [-0.3, -0.25) is 14.3 Å². The van der Waals surface area contributed by atoms with Gasteiger partial charge in [0.1, 0.15) is 31.9 Å². The summed E-state index contributed by atoms with van der Waals surface area (Å²) in [5, 5.41) is 2.91. The molecule has 0 spiro atoms. The second-order valence-corrected chi connectivity index (χ2v) is 7.41. The minimum atomic E-state index is -0.197. The first-order valence-electron chi connectivity index (χ1n) is 9.77. The topological polar surface area (TPSA) is 64.9 Å². The van der Waals surface area contributed by atoms with Crippen LogP contribution >= 0.6 is 0 Å². The van der Waals surface area contributed by atoms with Gasteiger partial charge in [-0.1, -0.05) is 18.2 Å². The lowest BCUT2D eigenvalue weighted by Crippen LogP contribution is -3.29. The molecule has 1 aromatic carbocycles. The number of carbonyl (C=O) groups is 1. The van der Waals surface area contributed by atoms with Gasteiger partial charge in [-0.25, -0.2) is 4.68 Å². The Bertz CT molecular complexity index is 847. The molecule has 1 aliphatic heterocycles. The molecule has 1 atom stereocenters. The van der Waals surface area contributed by atoms with Crippen LogP contribution in [0.1, 0.15) is 19.5 Å². The molecular weight excluding hydrogens is 342 g/mol. The van der Waals surface area contributed by atoms with Gasteiger partial charge in [0, 0.05) is 7.05 Å². The van der Waals surface area contributed by atoms with Crippen LogP contribution < -0.4 is 20.7 Å². The number of anilines is 1. The molecule has 1 aliphatic rings. The van der Waals surface area contributed by atoms with Gasteiger partial charge in [-0.05, 0) is 32.9 Å². The summed E-state index contributed by atoms with van der Waals surface area (Å²) in [6, 6.07) is 9.30. The molecule has 2 heterocycles. The molecule has 1 saturated heterocycles. The maximum Gasteiger partial charge on any atom is 0.295 e. The van der Waals surface area contributed by atoms with Crippen LogP contribution in [0.25, 0.3) is 5.69 Å². The first-order valence-corrected chi connectivity index (χ1v) is 9.77. The predicted molar refractivity (Wildman–Crippen MR) is 106 cm³/mol. The normalized spacial score (nSPS) is 21.0. The fourth-order valence-corrected chi connectivity index (χ4v) is 3.84. The van der Waals surface area contributed by atoms with Crippen molar-refractivity contribution in [3.05, 3.63) is 46.4 Å². The van der Waals surface area contributed by atoms with Crippen molar-refractivity contribution in [2.75, 3.05) is 38.0 Å². The molecule has 146 valence electrons. The van der Waals surface area contributed by atoms with Gasteiger partial charge in [-0.15, -0.1) is 0 Å². The molecule has 0 aliphatic carbocycles. The quantitative estimate of drug-likeness (QED) is 0.605. The predicted octanol–water partition coefficient (Wildman–Crippen LogP) is -1.39. The number of benzene rings is 1. The van der Waals surface area contributed by atoms with E-state index in [1.54, 1.807) is 14.3 Å². The number of nitrogens with one attached hydrogen (secondary N) is 3. The zero-order valence-electron chi connectivity index (χ0n) is 16.7. The second kappa shape index (κ2) is 8.10. The van der Waals surface area contributed by atoms with Crippen LogP contribution in [-0.2, 0) is 11.8 Å². The Kier molecular flexibility index (Phi) is 5.82. The number of rotatable bonds is 5. The van der Waals surface area contributed by atoms with Crippen molar-refractivity contribution in [2.24, 2.45) is 7.05 Å². The lowest BCUT2D eigenvalue weighted by molar-refractivity contribution is -1.02. The maximum atomic E-state index is 12.9. The van der Waals surface area contributed by atoms with Gasteiger partial charge in [0.15, 0.2) is 6.04 Å². The van der Waals surface area contributed by atoms with E-state index in [1.165, 1.54) is 4.90 Å². The molecule has 7 nitrogen and oxygen atoms in total. The summed E-state index contributed by atoms with van der Waals surface area (Å²) in [6.07, 6.45) is 0. The first-order chi connectivity index (χ1) is 12.9. The zero-order chi connectivity index (χ0) is 19.6. The Morgan fingerprint density at radius 1 is 1.19 bits per heavy atom. The fraction of sp³-hybridized carbons (Fsp3) is 0.500. The van der Waals surface area contributed by atoms with Crippen LogP contribution in [0, 0.1) is 6.92 Å². The summed E-state index contributed by atoms with van der Waals surface area (Å²) in [7, 11) is 1.83. The number of hydrogen-bond acceptors (Lipinski definition) is 2. The van der Waals surface area contributed by atoms with Crippen LogP contribution in [0.15, 0.2) is 35.1 Å². The Hall–Kier alpha value is -2.38. The van der Waals surface area contributed by atoms with Crippen LogP contribution in [0.5, 0.6) is 0 Å². The van der Waals surface area contributed by atoms with Gasteiger partial charge in [0.05, 0.1) is 17.9 Å². The highest BCUT2D eigenvalue weighted by Gasteiger charge is 2.31. The average Bonchev–Trinajstić information content (AvgIpc) is 2.91. The third-order valence-corrected chi connectivity index (χ3v) is 5.91. The van der Waals surface area contributed by atoms with E-state index < -0.39 is 0 Å². The van der Waals surface area contributed by atoms with Crippen molar-refractivity contribution < 1.29 is 14.6 Å². The Labute approximate surface area is 160 Å². The number of hydrogen-bond donors (Lipinski definition) is 3. The highest BCUT2D eigenvalue weighted by atomic mass is 16.2. The van der Waals surface area contributed by atoms with E-state index >= 15 is 0 Å². The smallest absolute Gasteiger partial charge is 0.295 e. The molecule has 3 rings (SSSR count). The maximum absolute atomic E-state index is 12.9. The van der Waals surface area contributed by atoms with Gasteiger partial charge in [-0.2, -0.15) is 0 Å². The lowest BCUT2D eigenvalue weighted by atomic mass is 10.2. The minimum absolute atomic E-state index is 0.0871. The van der Waals surface area contributed by atoms with E-state index in [1.807, 2.05) is 51.2 Å². The number of piperazine rings is 1. The Morgan fingerprint density at radius 3 is 2.41 bits per heavy atom. The van der Waals surface area contributed by atoms with Crippen molar-refractivity contribution in [3.63, 3.8) is 0 Å². The Morgan fingerprint density at radius 2 is 1.81 bits per heavy atom. The SMILES string of the molecule is CC[NH+]1CC[NH+]([C@@H](C)C(=O)Nc2c(C)n(C)n(-c3ccccc3)c2=O)CC1. The summed E-state index contributed by atoms with van der Waals surface area (Å²) in [6.45, 7) is 11.3. The summed E-state index contributed by atoms with van der Waals surface area (Å²) in [4.78, 5) is 28.7. The molecule has 0 radical (unpaired) electrons. The Balaban J connectivity index is 1.78. The summed E-state index contributed by atoms with van der Waals surface area (Å²) < 4.78 is 3.38. The average molecular weight is 374 g/mol. The number of likely N-dealkylation sites (N-methyl/N-ethyl adjacent to an activating group) is 1. The van der Waals surface area contributed by atoms with Crippen LogP contribution in [-0.4, -0.2) is 54.0 Å². The number of nitrogens with zero attached hydrogens (tertiary/aromatic N) is 2. The number of aromatic nitrogens is 2. The molecule has 0 bridgehead atoms. The monoisotopic (exact) mass is 373 g/mol. The second-order valence-electron chi connectivity index (χ2n) is 7.41. The molecule has 2 aromatic rings. The molecule has 3 N–H and O–H groups in total. The fourth-order valence-electron chi connectivity index (χ4n) is 3.84. The van der Waals surface area contributed by atoms with Crippen molar-refractivity contribution >= 4 is 11.6 Å². The molecule has 0 saturated carbocycles. The van der Waals surface area contributed by atoms with Crippen LogP contribution in [0.2, 0.25) is 0 Å². The van der Waals surface area contributed by atoms with Crippen LogP contribution in [0.3, 0.4) is 0 Å². The van der Waals surface area contributed by atoms with Crippen LogP contribution in [0.4, 0.5) is 5.69 Å². The van der Waals surface area contributed by atoms with Gasteiger partial charge >= 0.3 is 0 Å². The largest absolute Gasteiger partial charge is 0.326 e. The standard InChI is InChI=1S/C20H29N5O2/c1-5-23-11-13-24(14-12-23)16(3)19(26)21-18-15(2)22(4)25(20(18)27)17-9-7-6-8-10-17/h6-10,16H,5,11-14H2,1-4H3,(H,21,26)/p+2/t16-/m0/s1. The molecule has 1 aromatic heterocycles. The first kappa shape index (κ1) is 19.4. The van der Waals surface area contributed by atoms with E-state index in [-0.39, 0.29) is 17.5 Å². The summed E-state index contributed by atoms with van der Waals surface area (Å²) >= 11 is 0. The number of para-hydroxylation sites is 1. The lowest BCUT2D eigenvalue weighted by Gasteiger charge is -2.32. The van der Waals surface area contributed by atoms with Gasteiger partial charge < -0.3 is 15.1 Å². The number of amides is 1. The van der Waals surface area contributed by atoms with Crippen molar-refractivity contribution in [1.82, 2.24) is 9.36 Å². The van der Waals surface area contributed by atoms with Crippen molar-refractivity contribution in [2.45, 2.75) is 26.8 Å². The summed E-state index contributed by atoms with van der Waals surface area (Å²) in [5.41, 5.74) is 1.71.